The minimum absolute atomic E-state index is 0. The van der Waals surface area contributed by atoms with Crippen molar-refractivity contribution in [2.45, 2.75) is 34.1 Å². The van der Waals surface area contributed by atoms with Gasteiger partial charge < -0.3 is 15.8 Å². The lowest BCUT2D eigenvalue weighted by Gasteiger charge is -2.09. The molecule has 0 unspecified atom stereocenters. The van der Waals surface area contributed by atoms with Crippen LogP contribution in [0.5, 0.6) is 5.75 Å². The van der Waals surface area contributed by atoms with Crippen molar-refractivity contribution in [1.29, 1.82) is 0 Å². The van der Waals surface area contributed by atoms with Gasteiger partial charge in [0.05, 0.1) is 24.9 Å². The summed E-state index contributed by atoms with van der Waals surface area (Å²) in [6.07, 6.45) is 0.189. The number of ether oxygens (including phenoxy) is 1. The summed E-state index contributed by atoms with van der Waals surface area (Å²) in [4.78, 5) is 21.5. The first-order valence-corrected chi connectivity index (χ1v) is 8.89. The lowest BCUT2D eigenvalue weighted by Crippen LogP contribution is -2.15. The minimum Gasteiger partial charge on any atom is -0.495 e. The van der Waals surface area contributed by atoms with Gasteiger partial charge in [-0.25, -0.2) is 14.6 Å². The Bertz CT molecular complexity index is 1030. The monoisotopic (exact) mass is 416 g/mol. The molecule has 0 fully saturated rings. The van der Waals surface area contributed by atoms with Gasteiger partial charge in [0, 0.05) is 28.3 Å². The molecule has 0 atom stereocenters. The number of nitrogen functional groups attached to an aromatic ring is 1. The Morgan fingerprint density at radius 1 is 1.14 bits per heavy atom. The lowest BCUT2D eigenvalue weighted by molar-refractivity contribution is -0.115. The molecule has 2 heterocycles. The maximum absolute atomic E-state index is 12.6. The Hall–Kier alpha value is -3.13. The van der Waals surface area contributed by atoms with Crippen molar-refractivity contribution in [3.05, 3.63) is 52.6 Å². The second-order valence-electron chi connectivity index (χ2n) is 6.69. The first-order valence-electron chi connectivity index (χ1n) is 8.89. The fraction of sp³-hybridized carbons (Fsp3) is 0.300. The van der Waals surface area contributed by atoms with Crippen LogP contribution in [0.3, 0.4) is 0 Å². The molecule has 3 N–H and O–H groups in total. The average molecular weight is 417 g/mol. The van der Waals surface area contributed by atoms with Crippen LogP contribution in [0.1, 0.15) is 28.3 Å². The number of aryl methyl sites for hydroxylation is 3. The van der Waals surface area contributed by atoms with E-state index in [4.69, 9.17) is 10.5 Å². The van der Waals surface area contributed by atoms with Crippen LogP contribution in [0.4, 0.5) is 11.4 Å². The summed E-state index contributed by atoms with van der Waals surface area (Å²) in [5.74, 6) is 0.920. The van der Waals surface area contributed by atoms with Crippen molar-refractivity contribution < 1.29 is 9.53 Å². The van der Waals surface area contributed by atoms with Crippen LogP contribution in [-0.4, -0.2) is 32.8 Å². The predicted octanol–water partition coefficient (Wildman–Crippen LogP) is 3.09. The number of nitrogens with one attached hydrogen (secondary N) is 1. The summed E-state index contributed by atoms with van der Waals surface area (Å²) in [6, 6.07) is 7.05. The van der Waals surface area contributed by atoms with E-state index in [0.717, 1.165) is 28.3 Å². The van der Waals surface area contributed by atoms with Crippen LogP contribution in [-0.2, 0) is 11.2 Å². The number of nitrogens with zero attached hydrogens (tertiary/aromatic N) is 4. The second-order valence-corrected chi connectivity index (χ2v) is 6.69. The van der Waals surface area contributed by atoms with Crippen LogP contribution in [0, 0.1) is 27.7 Å². The number of carbonyl (C=O) groups is 1. The van der Waals surface area contributed by atoms with Gasteiger partial charge in [-0.2, -0.15) is 5.10 Å². The molecule has 2 aromatic heterocycles. The van der Waals surface area contributed by atoms with Gasteiger partial charge in [0.1, 0.15) is 5.75 Å². The number of rotatable bonds is 5. The SMILES string of the molecule is COc1ccc(NC(=O)Cc2c(C)nn(-c3nc(C)cc(C)n3)c2C)cc1N.Cl. The standard InChI is InChI=1S/C20H24N6O2.ClH/c1-11-8-12(2)23-20(22-11)26-14(4)16(13(3)25-26)10-19(27)24-15-6-7-18(28-5)17(21)9-15;/h6-9H,10,21H2,1-5H3,(H,24,27);1H. The molecule has 1 amide bonds. The average Bonchev–Trinajstić information content (AvgIpc) is 2.89. The zero-order valence-corrected chi connectivity index (χ0v) is 17.9. The van der Waals surface area contributed by atoms with Crippen molar-refractivity contribution >= 4 is 29.7 Å². The van der Waals surface area contributed by atoms with E-state index >= 15 is 0 Å². The molecule has 0 bridgehead atoms. The number of carbonyl (C=O) groups excluding carboxylic acids is 1. The van der Waals surface area contributed by atoms with Crippen LogP contribution < -0.4 is 15.8 Å². The highest BCUT2D eigenvalue weighted by molar-refractivity contribution is 5.93. The van der Waals surface area contributed by atoms with E-state index < -0.39 is 0 Å². The van der Waals surface area contributed by atoms with Gasteiger partial charge in [0.15, 0.2) is 0 Å². The maximum atomic E-state index is 12.6. The summed E-state index contributed by atoms with van der Waals surface area (Å²) in [5, 5.41) is 7.40. The lowest BCUT2D eigenvalue weighted by atomic mass is 10.1. The quantitative estimate of drug-likeness (QED) is 0.619. The van der Waals surface area contributed by atoms with Crippen molar-refractivity contribution in [3.63, 3.8) is 0 Å². The number of amides is 1. The van der Waals surface area contributed by atoms with Crippen molar-refractivity contribution in [2.24, 2.45) is 0 Å². The topological polar surface area (TPSA) is 108 Å². The first-order chi connectivity index (χ1) is 13.3. The molecule has 0 aliphatic rings. The number of anilines is 2. The highest BCUT2D eigenvalue weighted by Crippen LogP contribution is 2.25. The Kier molecular flexibility index (Phi) is 6.81. The molecule has 0 radical (unpaired) electrons. The number of hydrogen-bond donors (Lipinski definition) is 2. The second kappa shape index (κ2) is 8.91. The number of halogens is 1. The number of methoxy groups -OCH3 is 1. The third-order valence-corrected chi connectivity index (χ3v) is 4.45. The van der Waals surface area contributed by atoms with Gasteiger partial charge in [0.2, 0.25) is 5.91 Å². The smallest absolute Gasteiger partial charge is 0.251 e. The number of nitrogens with two attached hydrogens (primary N) is 1. The van der Waals surface area contributed by atoms with Gasteiger partial charge in [-0.1, -0.05) is 0 Å². The third-order valence-electron chi connectivity index (χ3n) is 4.45. The molecule has 0 saturated carbocycles. The van der Waals surface area contributed by atoms with Crippen molar-refractivity contribution in [3.8, 4) is 11.7 Å². The minimum atomic E-state index is -0.156. The molecule has 1 aromatic carbocycles. The summed E-state index contributed by atoms with van der Waals surface area (Å²) in [7, 11) is 1.55. The molecular formula is C20H25ClN6O2. The summed E-state index contributed by atoms with van der Waals surface area (Å²) in [5.41, 5.74) is 11.2. The molecule has 0 saturated heterocycles. The zero-order chi connectivity index (χ0) is 20.4. The van der Waals surface area contributed by atoms with Gasteiger partial charge in [-0.05, 0) is 52.0 Å². The molecule has 154 valence electrons. The highest BCUT2D eigenvalue weighted by Gasteiger charge is 2.18. The molecule has 0 spiro atoms. The molecule has 8 nitrogen and oxygen atoms in total. The highest BCUT2D eigenvalue weighted by atomic mass is 35.5. The molecule has 9 heteroatoms. The van der Waals surface area contributed by atoms with Gasteiger partial charge in [0.25, 0.3) is 5.95 Å². The Labute approximate surface area is 175 Å². The molecule has 3 rings (SSSR count). The van der Waals surface area contributed by atoms with E-state index in [9.17, 15) is 4.79 Å². The van der Waals surface area contributed by atoms with Crippen LogP contribution in [0.2, 0.25) is 0 Å². The maximum Gasteiger partial charge on any atom is 0.251 e. The van der Waals surface area contributed by atoms with Gasteiger partial charge in [-0.15, -0.1) is 12.4 Å². The molecule has 0 aliphatic carbocycles. The molecular weight excluding hydrogens is 392 g/mol. The Morgan fingerprint density at radius 2 is 1.79 bits per heavy atom. The largest absolute Gasteiger partial charge is 0.495 e. The van der Waals surface area contributed by atoms with E-state index in [1.807, 2.05) is 33.8 Å². The summed E-state index contributed by atoms with van der Waals surface area (Å²) in [6.45, 7) is 7.62. The van der Waals surface area contributed by atoms with Crippen LogP contribution in [0.25, 0.3) is 5.95 Å². The van der Waals surface area contributed by atoms with Crippen LogP contribution in [0.15, 0.2) is 24.3 Å². The Morgan fingerprint density at radius 3 is 2.38 bits per heavy atom. The van der Waals surface area contributed by atoms with Crippen LogP contribution >= 0.6 is 12.4 Å². The van der Waals surface area contributed by atoms with E-state index in [-0.39, 0.29) is 24.7 Å². The molecule has 29 heavy (non-hydrogen) atoms. The fourth-order valence-corrected chi connectivity index (χ4v) is 3.11. The van der Waals surface area contributed by atoms with E-state index in [1.54, 1.807) is 30.0 Å². The summed E-state index contributed by atoms with van der Waals surface area (Å²) >= 11 is 0. The zero-order valence-electron chi connectivity index (χ0n) is 17.1. The number of benzene rings is 1. The number of aromatic nitrogens is 4. The summed E-state index contributed by atoms with van der Waals surface area (Å²) < 4.78 is 6.82. The van der Waals surface area contributed by atoms with E-state index in [1.165, 1.54) is 0 Å². The fourth-order valence-electron chi connectivity index (χ4n) is 3.11. The predicted molar refractivity (Wildman–Crippen MR) is 115 cm³/mol. The third kappa shape index (κ3) is 4.83. The first kappa shape index (κ1) is 22.2. The van der Waals surface area contributed by atoms with Gasteiger partial charge in [-0.3, -0.25) is 4.79 Å². The normalized spacial score (nSPS) is 10.4. The Balaban J connectivity index is 0.00000300. The van der Waals surface area contributed by atoms with E-state index in [0.29, 0.717) is 23.1 Å². The van der Waals surface area contributed by atoms with Crippen molar-refractivity contribution in [1.82, 2.24) is 19.7 Å². The molecule has 3 aromatic rings. The molecule has 0 aliphatic heterocycles. The number of hydrogen-bond acceptors (Lipinski definition) is 6. The van der Waals surface area contributed by atoms with E-state index in [2.05, 4.69) is 20.4 Å². The van der Waals surface area contributed by atoms with Crippen molar-refractivity contribution in [2.75, 3.05) is 18.2 Å². The van der Waals surface area contributed by atoms with Gasteiger partial charge >= 0.3 is 0 Å².